The molecule has 2 aromatic rings. The smallest absolute Gasteiger partial charge is 0.352 e. The van der Waals surface area contributed by atoms with Gasteiger partial charge in [-0.05, 0) is 61.7 Å². The zero-order chi connectivity index (χ0) is 21.9. The number of nitrogens with one attached hydrogen (secondary N) is 2. The molecule has 2 heterocycles. The number of alkyl halides is 6. The lowest BCUT2D eigenvalue weighted by molar-refractivity contribution is -0.143. The number of carbonyl (C=O) groups excluding carboxylic acids is 1. The van der Waals surface area contributed by atoms with Gasteiger partial charge in [0.25, 0.3) is 5.91 Å². The molecule has 30 heavy (non-hydrogen) atoms. The summed E-state index contributed by atoms with van der Waals surface area (Å²) in [5.74, 6) is -0.171. The van der Waals surface area contributed by atoms with Gasteiger partial charge in [-0.2, -0.15) is 26.3 Å². The van der Waals surface area contributed by atoms with Crippen LogP contribution in [0, 0.1) is 5.92 Å². The lowest BCUT2D eigenvalue weighted by atomic mass is 9.98. The van der Waals surface area contributed by atoms with Gasteiger partial charge in [0.1, 0.15) is 0 Å². The minimum absolute atomic E-state index is 0.0129. The van der Waals surface area contributed by atoms with Crippen molar-refractivity contribution in [2.24, 2.45) is 5.92 Å². The minimum atomic E-state index is -4.95. The van der Waals surface area contributed by atoms with E-state index in [9.17, 15) is 31.1 Å². The molecule has 0 aliphatic carbocycles. The predicted octanol–water partition coefficient (Wildman–Crippen LogP) is 4.52. The van der Waals surface area contributed by atoms with Gasteiger partial charge in [0, 0.05) is 24.5 Å². The van der Waals surface area contributed by atoms with Gasteiger partial charge >= 0.3 is 12.4 Å². The van der Waals surface area contributed by atoms with Crippen molar-refractivity contribution in [3.05, 3.63) is 53.3 Å². The molecular weight excluding hydrogens is 412 g/mol. The van der Waals surface area contributed by atoms with Crippen LogP contribution in [0.1, 0.15) is 34.3 Å². The molecule has 1 aliphatic heterocycles. The van der Waals surface area contributed by atoms with Crippen LogP contribution in [0.4, 0.5) is 26.3 Å². The van der Waals surface area contributed by atoms with Crippen molar-refractivity contribution in [1.82, 2.24) is 15.6 Å². The van der Waals surface area contributed by atoms with Gasteiger partial charge in [-0.1, -0.05) is 0 Å². The summed E-state index contributed by atoms with van der Waals surface area (Å²) in [6, 6.07) is 2.53. The molecule has 0 unspecified atom stereocenters. The van der Waals surface area contributed by atoms with Crippen LogP contribution in [0.25, 0.3) is 11.1 Å². The third kappa shape index (κ3) is 5.50. The van der Waals surface area contributed by atoms with Crippen molar-refractivity contribution >= 4 is 5.91 Å². The van der Waals surface area contributed by atoms with Gasteiger partial charge in [0.05, 0.1) is 16.7 Å². The standard InChI is InChI=1S/C20H19F6N3O/c21-19(22,23)16-6-13(7-17(8-16)20(24,25)26)14-5-15(11-28-10-14)18(30)29-9-12-1-3-27-4-2-12/h5-8,10-12,27H,1-4,9H2,(H,29,30). The second-order valence-corrected chi connectivity index (χ2v) is 7.16. The van der Waals surface area contributed by atoms with Gasteiger partial charge < -0.3 is 10.6 Å². The fourth-order valence-electron chi connectivity index (χ4n) is 3.27. The summed E-state index contributed by atoms with van der Waals surface area (Å²) >= 11 is 0. The summed E-state index contributed by atoms with van der Waals surface area (Å²) in [5, 5.41) is 5.96. The monoisotopic (exact) mass is 431 g/mol. The van der Waals surface area contributed by atoms with E-state index in [1.54, 1.807) is 0 Å². The Morgan fingerprint density at radius 1 is 0.933 bits per heavy atom. The van der Waals surface area contributed by atoms with Gasteiger partial charge in [-0.3, -0.25) is 9.78 Å². The lowest BCUT2D eigenvalue weighted by Crippen LogP contribution is -2.36. The maximum atomic E-state index is 13.1. The molecule has 0 saturated carbocycles. The quantitative estimate of drug-likeness (QED) is 0.701. The van der Waals surface area contributed by atoms with E-state index in [1.807, 2.05) is 0 Å². The summed E-state index contributed by atoms with van der Waals surface area (Å²) in [7, 11) is 0. The van der Waals surface area contributed by atoms with E-state index >= 15 is 0 Å². The van der Waals surface area contributed by atoms with Crippen molar-refractivity contribution in [3.63, 3.8) is 0 Å². The molecule has 2 N–H and O–H groups in total. The maximum absolute atomic E-state index is 13.1. The highest BCUT2D eigenvalue weighted by Crippen LogP contribution is 2.38. The molecule has 0 spiro atoms. The number of aromatic nitrogens is 1. The Balaban J connectivity index is 1.86. The largest absolute Gasteiger partial charge is 0.416 e. The van der Waals surface area contributed by atoms with E-state index in [0.29, 0.717) is 24.6 Å². The molecule has 4 nitrogen and oxygen atoms in total. The van der Waals surface area contributed by atoms with E-state index in [2.05, 4.69) is 15.6 Å². The Bertz CT molecular complexity index is 872. The number of benzene rings is 1. The molecule has 162 valence electrons. The van der Waals surface area contributed by atoms with Gasteiger partial charge in [0.15, 0.2) is 0 Å². The number of nitrogens with zero attached hydrogens (tertiary/aromatic N) is 1. The first-order chi connectivity index (χ1) is 14.0. The van der Waals surface area contributed by atoms with Crippen molar-refractivity contribution in [3.8, 4) is 11.1 Å². The van der Waals surface area contributed by atoms with Gasteiger partial charge in [-0.15, -0.1) is 0 Å². The van der Waals surface area contributed by atoms with Crippen LogP contribution >= 0.6 is 0 Å². The highest BCUT2D eigenvalue weighted by molar-refractivity contribution is 5.95. The molecule has 3 rings (SSSR count). The molecule has 10 heteroatoms. The zero-order valence-electron chi connectivity index (χ0n) is 15.7. The molecule has 1 aliphatic rings. The fraction of sp³-hybridized carbons (Fsp3) is 0.400. The van der Waals surface area contributed by atoms with E-state index in [0.717, 1.165) is 32.1 Å². The fourth-order valence-corrected chi connectivity index (χ4v) is 3.27. The molecule has 0 atom stereocenters. The highest BCUT2D eigenvalue weighted by Gasteiger charge is 2.37. The first-order valence-electron chi connectivity index (χ1n) is 9.28. The number of hydrogen-bond acceptors (Lipinski definition) is 3. The average molecular weight is 431 g/mol. The Morgan fingerprint density at radius 3 is 2.10 bits per heavy atom. The van der Waals surface area contributed by atoms with Crippen LogP contribution in [-0.2, 0) is 12.4 Å². The van der Waals surface area contributed by atoms with E-state index in [-0.39, 0.29) is 22.8 Å². The lowest BCUT2D eigenvalue weighted by Gasteiger charge is -2.22. The van der Waals surface area contributed by atoms with Crippen LogP contribution in [0.5, 0.6) is 0 Å². The maximum Gasteiger partial charge on any atom is 0.416 e. The van der Waals surface area contributed by atoms with Crippen molar-refractivity contribution in [1.29, 1.82) is 0 Å². The number of rotatable bonds is 4. The number of amides is 1. The topological polar surface area (TPSA) is 54.0 Å². The highest BCUT2D eigenvalue weighted by atomic mass is 19.4. The molecule has 1 fully saturated rings. The zero-order valence-corrected chi connectivity index (χ0v) is 15.7. The normalized spacial score (nSPS) is 15.8. The number of piperidine rings is 1. The second kappa shape index (κ2) is 8.63. The van der Waals surface area contributed by atoms with Crippen molar-refractivity contribution in [2.75, 3.05) is 19.6 Å². The molecule has 1 aromatic heterocycles. The summed E-state index contributed by atoms with van der Waals surface area (Å²) < 4.78 is 78.5. The number of halogens is 6. The van der Waals surface area contributed by atoms with Crippen LogP contribution in [0.15, 0.2) is 36.7 Å². The first-order valence-corrected chi connectivity index (χ1v) is 9.28. The Hall–Kier alpha value is -2.62. The molecule has 1 saturated heterocycles. The Labute approximate surface area is 168 Å². The average Bonchev–Trinajstić information content (AvgIpc) is 2.71. The summed E-state index contributed by atoms with van der Waals surface area (Å²) in [6.07, 6.45) is -5.74. The summed E-state index contributed by atoms with van der Waals surface area (Å²) in [6.45, 7) is 2.15. The molecule has 1 aromatic carbocycles. The first kappa shape index (κ1) is 22.1. The Kier molecular flexibility index (Phi) is 6.35. The van der Waals surface area contributed by atoms with Crippen molar-refractivity contribution < 1.29 is 31.1 Å². The number of pyridine rings is 1. The third-order valence-electron chi connectivity index (χ3n) is 4.93. The number of carbonyl (C=O) groups is 1. The van der Waals surface area contributed by atoms with E-state index in [4.69, 9.17) is 0 Å². The van der Waals surface area contributed by atoms with Gasteiger partial charge in [0.2, 0.25) is 0 Å². The molecule has 0 bridgehead atoms. The van der Waals surface area contributed by atoms with E-state index in [1.165, 1.54) is 12.3 Å². The SMILES string of the molecule is O=C(NCC1CCNCC1)c1cncc(-c2cc(C(F)(F)F)cc(C(F)(F)F)c2)c1. The van der Waals surface area contributed by atoms with Crippen LogP contribution in [0.3, 0.4) is 0 Å². The van der Waals surface area contributed by atoms with Crippen LogP contribution in [-0.4, -0.2) is 30.5 Å². The summed E-state index contributed by atoms with van der Waals surface area (Å²) in [5.41, 5.74) is -3.12. The molecule has 0 radical (unpaired) electrons. The van der Waals surface area contributed by atoms with Crippen LogP contribution in [0.2, 0.25) is 0 Å². The van der Waals surface area contributed by atoms with E-state index < -0.39 is 29.4 Å². The molecular formula is C20H19F6N3O. The number of hydrogen-bond donors (Lipinski definition) is 2. The van der Waals surface area contributed by atoms with Crippen LogP contribution < -0.4 is 10.6 Å². The summed E-state index contributed by atoms with van der Waals surface area (Å²) in [4.78, 5) is 16.2. The third-order valence-corrected chi connectivity index (χ3v) is 4.93. The Morgan fingerprint density at radius 2 is 1.53 bits per heavy atom. The van der Waals surface area contributed by atoms with Crippen molar-refractivity contribution in [2.45, 2.75) is 25.2 Å². The minimum Gasteiger partial charge on any atom is -0.352 e. The predicted molar refractivity (Wildman–Crippen MR) is 97.6 cm³/mol. The molecule has 1 amide bonds. The second-order valence-electron chi connectivity index (χ2n) is 7.16. The van der Waals surface area contributed by atoms with Gasteiger partial charge in [-0.25, -0.2) is 0 Å².